The SMILES string of the molecule is O=C1CC(Nc2ccccc2[N+](=O)[O-])CN1C1CC1. The average Bonchev–Trinajstić information content (AvgIpc) is 3.15. The van der Waals surface area contributed by atoms with Gasteiger partial charge in [0.2, 0.25) is 5.91 Å². The number of hydrogen-bond donors (Lipinski definition) is 1. The van der Waals surface area contributed by atoms with E-state index in [0.717, 1.165) is 12.8 Å². The van der Waals surface area contributed by atoms with Gasteiger partial charge in [-0.25, -0.2) is 0 Å². The van der Waals surface area contributed by atoms with Crippen LogP contribution < -0.4 is 5.32 Å². The van der Waals surface area contributed by atoms with E-state index in [1.807, 2.05) is 4.90 Å². The van der Waals surface area contributed by atoms with Gasteiger partial charge in [0.1, 0.15) is 5.69 Å². The van der Waals surface area contributed by atoms with E-state index in [2.05, 4.69) is 5.32 Å². The van der Waals surface area contributed by atoms with E-state index in [-0.39, 0.29) is 17.6 Å². The Bertz CT molecular complexity index is 528. The standard InChI is InChI=1S/C13H15N3O3/c17-13-7-9(8-15(13)10-5-6-10)14-11-3-1-2-4-12(11)16(18)19/h1-4,9-10,14H,5-8H2. The van der Waals surface area contributed by atoms with Crippen LogP contribution in [-0.2, 0) is 4.79 Å². The molecule has 0 radical (unpaired) electrons. The summed E-state index contributed by atoms with van der Waals surface area (Å²) in [5.74, 6) is 0.151. The zero-order chi connectivity index (χ0) is 13.4. The van der Waals surface area contributed by atoms with E-state index in [9.17, 15) is 14.9 Å². The highest BCUT2D eigenvalue weighted by Gasteiger charge is 2.39. The van der Waals surface area contributed by atoms with Crippen molar-refractivity contribution < 1.29 is 9.72 Å². The molecule has 0 spiro atoms. The number of carbonyl (C=O) groups excluding carboxylic acids is 1. The minimum atomic E-state index is -0.405. The lowest BCUT2D eigenvalue weighted by molar-refractivity contribution is -0.384. The van der Waals surface area contributed by atoms with Gasteiger partial charge in [0.15, 0.2) is 0 Å². The molecule has 19 heavy (non-hydrogen) atoms. The second-order valence-corrected chi connectivity index (χ2v) is 5.10. The van der Waals surface area contributed by atoms with E-state index in [4.69, 9.17) is 0 Å². The summed E-state index contributed by atoms with van der Waals surface area (Å²) >= 11 is 0. The number of carbonyl (C=O) groups is 1. The van der Waals surface area contributed by atoms with Crippen LogP contribution in [0.3, 0.4) is 0 Å². The Balaban J connectivity index is 1.72. The normalized spacial score (nSPS) is 22.6. The quantitative estimate of drug-likeness (QED) is 0.662. The number of nitrogens with one attached hydrogen (secondary N) is 1. The molecule has 2 aliphatic rings. The molecule has 1 N–H and O–H groups in total. The first kappa shape index (κ1) is 12.0. The molecule has 1 aliphatic carbocycles. The summed E-state index contributed by atoms with van der Waals surface area (Å²) in [6.07, 6.45) is 2.59. The maximum absolute atomic E-state index is 11.8. The topological polar surface area (TPSA) is 75.5 Å². The Labute approximate surface area is 110 Å². The van der Waals surface area contributed by atoms with Gasteiger partial charge in [-0.3, -0.25) is 14.9 Å². The Morgan fingerprint density at radius 2 is 2.05 bits per heavy atom. The van der Waals surface area contributed by atoms with E-state index in [1.165, 1.54) is 6.07 Å². The lowest BCUT2D eigenvalue weighted by atomic mass is 10.2. The number of nitrogens with zero attached hydrogens (tertiary/aromatic N) is 2. The van der Waals surface area contributed by atoms with Crippen molar-refractivity contribution in [2.24, 2.45) is 0 Å². The van der Waals surface area contributed by atoms with Gasteiger partial charge in [-0.2, -0.15) is 0 Å². The number of anilines is 1. The van der Waals surface area contributed by atoms with E-state index in [1.54, 1.807) is 18.2 Å². The predicted molar refractivity (Wildman–Crippen MR) is 69.9 cm³/mol. The lowest BCUT2D eigenvalue weighted by Gasteiger charge is -2.16. The molecule has 1 aliphatic heterocycles. The molecule has 1 amide bonds. The van der Waals surface area contributed by atoms with Crippen molar-refractivity contribution in [3.63, 3.8) is 0 Å². The van der Waals surface area contributed by atoms with Crippen LogP contribution in [0.1, 0.15) is 19.3 Å². The third kappa shape index (κ3) is 2.38. The van der Waals surface area contributed by atoms with Crippen molar-refractivity contribution >= 4 is 17.3 Å². The van der Waals surface area contributed by atoms with Gasteiger partial charge in [-0.15, -0.1) is 0 Å². The molecular weight excluding hydrogens is 246 g/mol. The number of hydrogen-bond acceptors (Lipinski definition) is 4. The molecule has 6 nitrogen and oxygen atoms in total. The molecular formula is C13H15N3O3. The fourth-order valence-electron chi connectivity index (χ4n) is 2.54. The number of benzene rings is 1. The Morgan fingerprint density at radius 1 is 1.32 bits per heavy atom. The molecule has 1 heterocycles. The number of rotatable bonds is 4. The number of nitro groups is 1. The first-order valence-electron chi connectivity index (χ1n) is 6.44. The number of nitro benzene ring substituents is 1. The Hall–Kier alpha value is -2.11. The molecule has 1 atom stereocenters. The van der Waals surface area contributed by atoms with Gasteiger partial charge in [0.25, 0.3) is 5.69 Å². The third-order valence-corrected chi connectivity index (χ3v) is 3.61. The molecule has 100 valence electrons. The molecule has 6 heteroatoms. The van der Waals surface area contributed by atoms with Crippen molar-refractivity contribution in [3.05, 3.63) is 34.4 Å². The third-order valence-electron chi connectivity index (χ3n) is 3.61. The monoisotopic (exact) mass is 261 g/mol. The summed E-state index contributed by atoms with van der Waals surface area (Å²) in [5.41, 5.74) is 0.544. The van der Waals surface area contributed by atoms with Crippen LogP contribution in [0.4, 0.5) is 11.4 Å². The predicted octanol–water partition coefficient (Wildman–Crippen LogP) is 1.77. The molecule has 1 aromatic rings. The number of amides is 1. The summed E-state index contributed by atoms with van der Waals surface area (Å²) < 4.78 is 0. The second-order valence-electron chi connectivity index (χ2n) is 5.10. The average molecular weight is 261 g/mol. The number of likely N-dealkylation sites (tertiary alicyclic amines) is 1. The molecule has 1 unspecified atom stereocenters. The largest absolute Gasteiger partial charge is 0.374 e. The van der Waals surface area contributed by atoms with Gasteiger partial charge in [-0.1, -0.05) is 12.1 Å². The van der Waals surface area contributed by atoms with Crippen LogP contribution in [0.25, 0.3) is 0 Å². The fraction of sp³-hybridized carbons (Fsp3) is 0.462. The van der Waals surface area contributed by atoms with Crippen molar-refractivity contribution in [3.8, 4) is 0 Å². The van der Waals surface area contributed by atoms with Crippen molar-refractivity contribution in [1.82, 2.24) is 4.90 Å². The lowest BCUT2D eigenvalue weighted by Crippen LogP contribution is -2.29. The van der Waals surface area contributed by atoms with Crippen molar-refractivity contribution in [2.45, 2.75) is 31.3 Å². The highest BCUT2D eigenvalue weighted by atomic mass is 16.6. The van der Waals surface area contributed by atoms with E-state index >= 15 is 0 Å². The van der Waals surface area contributed by atoms with Crippen LogP contribution >= 0.6 is 0 Å². The Morgan fingerprint density at radius 3 is 2.74 bits per heavy atom. The van der Waals surface area contributed by atoms with Gasteiger partial charge in [0.05, 0.1) is 11.0 Å². The van der Waals surface area contributed by atoms with Crippen LogP contribution in [0.5, 0.6) is 0 Å². The molecule has 1 saturated carbocycles. The maximum Gasteiger partial charge on any atom is 0.292 e. The van der Waals surface area contributed by atoms with Crippen molar-refractivity contribution in [2.75, 3.05) is 11.9 Å². The van der Waals surface area contributed by atoms with Gasteiger partial charge >= 0.3 is 0 Å². The molecule has 1 aromatic carbocycles. The van der Waals surface area contributed by atoms with E-state index < -0.39 is 4.92 Å². The smallest absolute Gasteiger partial charge is 0.292 e. The summed E-state index contributed by atoms with van der Waals surface area (Å²) in [6.45, 7) is 0.648. The molecule has 1 saturated heterocycles. The first-order chi connectivity index (χ1) is 9.15. The van der Waals surface area contributed by atoms with Gasteiger partial charge in [-0.05, 0) is 18.9 Å². The highest BCUT2D eigenvalue weighted by Crippen LogP contribution is 2.32. The van der Waals surface area contributed by atoms with Gasteiger partial charge in [0, 0.05) is 25.1 Å². The fourth-order valence-corrected chi connectivity index (χ4v) is 2.54. The van der Waals surface area contributed by atoms with Crippen LogP contribution in [-0.4, -0.2) is 34.4 Å². The maximum atomic E-state index is 11.8. The number of para-hydroxylation sites is 2. The molecule has 0 aromatic heterocycles. The van der Waals surface area contributed by atoms with Crippen molar-refractivity contribution in [1.29, 1.82) is 0 Å². The Kier molecular flexibility index (Phi) is 2.85. The van der Waals surface area contributed by atoms with Crippen LogP contribution in [0, 0.1) is 10.1 Å². The van der Waals surface area contributed by atoms with Crippen LogP contribution in [0.2, 0.25) is 0 Å². The van der Waals surface area contributed by atoms with Gasteiger partial charge < -0.3 is 10.2 Å². The summed E-state index contributed by atoms with van der Waals surface area (Å²) in [5, 5.41) is 14.1. The minimum absolute atomic E-state index is 0.0331. The van der Waals surface area contributed by atoms with Crippen LogP contribution in [0.15, 0.2) is 24.3 Å². The molecule has 3 rings (SSSR count). The second kappa shape index (κ2) is 4.53. The summed E-state index contributed by atoms with van der Waals surface area (Å²) in [7, 11) is 0. The van der Waals surface area contributed by atoms with E-state index in [0.29, 0.717) is 24.7 Å². The highest BCUT2D eigenvalue weighted by molar-refractivity contribution is 5.81. The zero-order valence-corrected chi connectivity index (χ0v) is 10.4. The summed E-state index contributed by atoms with van der Waals surface area (Å²) in [6, 6.07) is 6.92. The summed E-state index contributed by atoms with van der Waals surface area (Å²) in [4.78, 5) is 24.2. The molecule has 0 bridgehead atoms. The first-order valence-corrected chi connectivity index (χ1v) is 6.44. The minimum Gasteiger partial charge on any atom is -0.374 e. The molecule has 2 fully saturated rings. The zero-order valence-electron chi connectivity index (χ0n) is 10.4.